The molecule has 13 nitrogen and oxygen atoms in total. The molecule has 0 saturated carbocycles. The van der Waals surface area contributed by atoms with E-state index in [0.29, 0.717) is 5.92 Å². The number of hydrogen-bond acceptors (Lipinski definition) is 10. The van der Waals surface area contributed by atoms with Gasteiger partial charge in [0.15, 0.2) is 5.60 Å². The molecule has 0 amide bonds. The molecular formula is C29H40N4O9. The van der Waals surface area contributed by atoms with Crippen LogP contribution in [0.25, 0.3) is 0 Å². The lowest BCUT2D eigenvalue weighted by molar-refractivity contribution is -0.170. The number of hydrogen-bond donors (Lipinski definition) is 4. The molecule has 1 aromatic heterocycles. The fraction of sp³-hybridized carbons (Fsp3) is 0.552. The lowest BCUT2D eigenvalue weighted by Crippen LogP contribution is -2.42. The van der Waals surface area contributed by atoms with Gasteiger partial charge in [-0.2, -0.15) is 0 Å². The van der Waals surface area contributed by atoms with Crippen LogP contribution in [0.5, 0.6) is 11.5 Å². The summed E-state index contributed by atoms with van der Waals surface area (Å²) in [5.74, 6) is -0.835. The van der Waals surface area contributed by atoms with Gasteiger partial charge in [0.05, 0.1) is 32.8 Å². The molecule has 4 N–H and O–H groups in total. The maximum absolute atomic E-state index is 10.3. The highest BCUT2D eigenvalue weighted by Gasteiger charge is 2.40. The van der Waals surface area contributed by atoms with Gasteiger partial charge < -0.3 is 34.8 Å². The van der Waals surface area contributed by atoms with Gasteiger partial charge in [0, 0.05) is 55.8 Å². The van der Waals surface area contributed by atoms with E-state index in [1.165, 1.54) is 35.5 Å². The third-order valence-electron chi connectivity index (χ3n) is 7.24. The highest BCUT2D eigenvalue weighted by molar-refractivity contribution is 5.88. The van der Waals surface area contributed by atoms with Crippen molar-refractivity contribution in [2.75, 3.05) is 38.8 Å². The van der Waals surface area contributed by atoms with E-state index in [-0.39, 0.29) is 0 Å². The Morgan fingerprint density at radius 2 is 1.62 bits per heavy atom. The molecule has 2 aliphatic heterocycles. The van der Waals surface area contributed by atoms with Crippen molar-refractivity contribution in [3.05, 3.63) is 40.8 Å². The number of ether oxygens (including phenoxy) is 2. The van der Waals surface area contributed by atoms with Gasteiger partial charge in [-0.15, -0.1) is 0 Å². The molecule has 0 radical (unpaired) electrons. The highest BCUT2D eigenvalue weighted by atomic mass is 16.5. The number of anilines is 1. The second-order valence-electron chi connectivity index (χ2n) is 10.8. The smallest absolute Gasteiger partial charge is 0.336 e. The zero-order valence-electron chi connectivity index (χ0n) is 24.5. The number of aliphatic hydroxyl groups is 1. The Morgan fingerprint density at radius 1 is 0.976 bits per heavy atom. The lowest BCUT2D eigenvalue weighted by atomic mass is 9.96. The van der Waals surface area contributed by atoms with Crippen LogP contribution in [0.15, 0.2) is 18.2 Å². The minimum Gasteiger partial charge on any atom is -0.497 e. The number of rotatable bonds is 11. The number of aliphatic carboxylic acids is 3. The summed E-state index contributed by atoms with van der Waals surface area (Å²) in [5.41, 5.74) is 0.991. The van der Waals surface area contributed by atoms with E-state index in [1.807, 2.05) is 12.1 Å². The summed E-state index contributed by atoms with van der Waals surface area (Å²) >= 11 is 0. The van der Waals surface area contributed by atoms with E-state index in [2.05, 4.69) is 29.7 Å². The first-order valence-electron chi connectivity index (χ1n) is 13.8. The predicted octanol–water partition coefficient (Wildman–Crippen LogP) is 2.53. The first-order chi connectivity index (χ1) is 19.9. The monoisotopic (exact) mass is 588 g/mol. The molecule has 0 spiro atoms. The Labute approximate surface area is 244 Å². The SMILES string of the molecule is COc1ccc(CN2CCc3c(nc(C(C)C)nc3N3CCCC3)C2)c(OC)c1.O=C(O)CC(O)(CC(=O)O)C(=O)O. The molecule has 2 aromatic rings. The van der Waals surface area contributed by atoms with Gasteiger partial charge in [-0.05, 0) is 25.3 Å². The number of nitrogens with zero attached hydrogens (tertiary/aromatic N) is 4. The molecule has 4 rings (SSSR count). The van der Waals surface area contributed by atoms with Crippen LogP contribution in [-0.4, -0.2) is 92.7 Å². The fourth-order valence-electron chi connectivity index (χ4n) is 5.00. The summed E-state index contributed by atoms with van der Waals surface area (Å²) in [6.45, 7) is 9.30. The molecule has 1 aromatic carbocycles. The molecule has 2 aliphatic rings. The van der Waals surface area contributed by atoms with E-state index in [4.69, 9.17) is 39.9 Å². The number of methoxy groups -OCH3 is 2. The first kappa shape index (κ1) is 32.5. The number of fused-ring (bicyclic) bond motifs is 1. The topological polar surface area (TPSA) is 183 Å². The van der Waals surface area contributed by atoms with Crippen LogP contribution in [0.3, 0.4) is 0 Å². The van der Waals surface area contributed by atoms with Gasteiger partial charge in [0.25, 0.3) is 0 Å². The van der Waals surface area contributed by atoms with E-state index in [9.17, 15) is 14.4 Å². The van der Waals surface area contributed by atoms with Crippen molar-refractivity contribution in [3.63, 3.8) is 0 Å². The van der Waals surface area contributed by atoms with E-state index < -0.39 is 36.4 Å². The largest absolute Gasteiger partial charge is 0.497 e. The summed E-state index contributed by atoms with van der Waals surface area (Å²) in [4.78, 5) is 45.4. The third-order valence-corrected chi connectivity index (χ3v) is 7.24. The lowest BCUT2D eigenvalue weighted by Gasteiger charge is -2.32. The zero-order valence-corrected chi connectivity index (χ0v) is 24.5. The number of carbonyl (C=O) groups is 3. The van der Waals surface area contributed by atoms with E-state index >= 15 is 0 Å². The van der Waals surface area contributed by atoms with Crippen LogP contribution in [0.4, 0.5) is 5.82 Å². The van der Waals surface area contributed by atoms with Crippen LogP contribution in [-0.2, 0) is 33.9 Å². The van der Waals surface area contributed by atoms with Gasteiger partial charge in [-0.25, -0.2) is 14.8 Å². The fourth-order valence-corrected chi connectivity index (χ4v) is 5.00. The van der Waals surface area contributed by atoms with Crippen molar-refractivity contribution in [2.45, 2.75) is 70.6 Å². The van der Waals surface area contributed by atoms with Crippen LogP contribution in [0.2, 0.25) is 0 Å². The molecule has 3 heterocycles. The Bertz CT molecular complexity index is 1260. The second kappa shape index (κ2) is 14.3. The van der Waals surface area contributed by atoms with Crippen LogP contribution < -0.4 is 14.4 Å². The molecule has 0 aliphatic carbocycles. The van der Waals surface area contributed by atoms with Gasteiger partial charge in [-0.1, -0.05) is 19.9 Å². The number of benzene rings is 1. The second-order valence-corrected chi connectivity index (χ2v) is 10.8. The Morgan fingerprint density at radius 3 is 2.14 bits per heavy atom. The van der Waals surface area contributed by atoms with Crippen LogP contribution >= 0.6 is 0 Å². The van der Waals surface area contributed by atoms with Crippen molar-refractivity contribution < 1.29 is 44.3 Å². The average molecular weight is 589 g/mol. The summed E-state index contributed by atoms with van der Waals surface area (Å²) in [6, 6.07) is 6.06. The molecule has 42 heavy (non-hydrogen) atoms. The minimum absolute atomic E-state index is 0.332. The quantitative estimate of drug-likeness (QED) is 0.301. The minimum atomic E-state index is -2.74. The Hall–Kier alpha value is -3.97. The molecule has 1 saturated heterocycles. The number of aromatic nitrogens is 2. The van der Waals surface area contributed by atoms with Crippen LogP contribution in [0.1, 0.15) is 68.1 Å². The molecule has 1 fully saturated rings. The van der Waals surface area contributed by atoms with Crippen molar-refractivity contribution in [3.8, 4) is 11.5 Å². The van der Waals surface area contributed by atoms with Gasteiger partial charge in [0.1, 0.15) is 23.1 Å². The zero-order chi connectivity index (χ0) is 31.0. The summed E-state index contributed by atoms with van der Waals surface area (Å²) in [5, 5.41) is 33.8. The average Bonchev–Trinajstić information content (AvgIpc) is 3.47. The molecule has 230 valence electrons. The maximum atomic E-state index is 10.3. The van der Waals surface area contributed by atoms with Crippen molar-refractivity contribution in [1.29, 1.82) is 0 Å². The predicted molar refractivity (Wildman–Crippen MR) is 152 cm³/mol. The van der Waals surface area contributed by atoms with Gasteiger partial charge >= 0.3 is 17.9 Å². The summed E-state index contributed by atoms with van der Waals surface area (Å²) < 4.78 is 10.9. The summed E-state index contributed by atoms with van der Waals surface area (Å²) in [6.07, 6.45) is 1.24. The standard InChI is InChI=1S/C23H32N4O2.C6H8O7/c1-16(2)22-24-20-15-26(14-17-7-8-18(28-3)13-21(17)29-4)12-9-19(20)23(25-22)27-10-5-6-11-27;7-3(8)1-6(13,5(11)12)2-4(9)10/h7-8,13,16H,5-6,9-12,14-15H2,1-4H3;13H,1-2H2,(H,7,8)(H,9,10)(H,11,12). The summed E-state index contributed by atoms with van der Waals surface area (Å²) in [7, 11) is 3.40. The van der Waals surface area contributed by atoms with Gasteiger partial charge in [0.2, 0.25) is 0 Å². The van der Waals surface area contributed by atoms with E-state index in [1.54, 1.807) is 14.2 Å². The van der Waals surface area contributed by atoms with Gasteiger partial charge in [-0.3, -0.25) is 14.5 Å². The Balaban J connectivity index is 0.000000316. The third kappa shape index (κ3) is 8.29. The first-order valence-corrected chi connectivity index (χ1v) is 13.8. The number of carboxylic acids is 3. The number of carboxylic acid groups (broad SMARTS) is 3. The molecule has 0 atom stereocenters. The van der Waals surface area contributed by atoms with E-state index in [0.717, 1.165) is 56.5 Å². The van der Waals surface area contributed by atoms with Crippen LogP contribution in [0, 0.1) is 0 Å². The van der Waals surface area contributed by atoms with Crippen molar-refractivity contribution in [1.82, 2.24) is 14.9 Å². The van der Waals surface area contributed by atoms with Crippen molar-refractivity contribution in [2.24, 2.45) is 0 Å². The maximum Gasteiger partial charge on any atom is 0.336 e. The highest BCUT2D eigenvalue weighted by Crippen LogP contribution is 2.32. The molecular weight excluding hydrogens is 548 g/mol. The Kier molecular flexibility index (Phi) is 11.1. The van der Waals surface area contributed by atoms with Crippen molar-refractivity contribution >= 4 is 23.7 Å². The normalized spacial score (nSPS) is 15.0. The molecule has 0 bridgehead atoms. The molecule has 0 unspecified atom stereocenters. The molecule has 13 heteroatoms.